The maximum Gasteiger partial charge on any atom is 0.314 e. The van der Waals surface area contributed by atoms with Crippen LogP contribution in [0.4, 0.5) is 13.2 Å². The third-order valence-corrected chi connectivity index (χ3v) is 5.19. The predicted octanol–water partition coefficient (Wildman–Crippen LogP) is 4.13. The number of amides is 1. The lowest BCUT2D eigenvalue weighted by molar-refractivity contribution is -0.158. The van der Waals surface area contributed by atoms with Gasteiger partial charge in [-0.1, -0.05) is 12.1 Å². The van der Waals surface area contributed by atoms with E-state index in [0.717, 1.165) is 23.8 Å². The molecule has 7 heteroatoms. The first-order valence-electron chi connectivity index (χ1n) is 9.50. The summed E-state index contributed by atoms with van der Waals surface area (Å²) in [7, 11) is 0. The van der Waals surface area contributed by atoms with Crippen molar-refractivity contribution in [1.82, 2.24) is 4.90 Å². The highest BCUT2D eigenvalue weighted by Gasteiger charge is 2.45. The van der Waals surface area contributed by atoms with Crippen LogP contribution in [0.1, 0.15) is 35.7 Å². The summed E-state index contributed by atoms with van der Waals surface area (Å²) in [6.07, 6.45) is 1.23. The Morgan fingerprint density at radius 2 is 1.76 bits per heavy atom. The molecule has 1 amide bonds. The fraction of sp³-hybridized carbons (Fsp3) is 0.364. The monoisotopic (exact) mass is 405 g/mol. The van der Waals surface area contributed by atoms with Crippen LogP contribution < -0.4 is 0 Å². The lowest BCUT2D eigenvalue weighted by atomic mass is 9.75. The van der Waals surface area contributed by atoms with Gasteiger partial charge in [-0.25, -0.2) is 13.2 Å². The van der Waals surface area contributed by atoms with E-state index in [1.165, 1.54) is 17.0 Å². The molecule has 1 saturated heterocycles. The molecule has 29 heavy (non-hydrogen) atoms. The molecule has 2 aromatic rings. The Bertz CT molecular complexity index is 901. The smallest absolute Gasteiger partial charge is 0.314 e. The number of hydrogen-bond acceptors (Lipinski definition) is 3. The molecule has 1 aliphatic rings. The fourth-order valence-electron chi connectivity index (χ4n) is 3.80. The van der Waals surface area contributed by atoms with Gasteiger partial charge in [0.1, 0.15) is 17.5 Å². The first-order valence-corrected chi connectivity index (χ1v) is 9.50. The number of piperidine rings is 1. The molecule has 1 unspecified atom stereocenters. The summed E-state index contributed by atoms with van der Waals surface area (Å²) < 4.78 is 46.2. The predicted molar refractivity (Wildman–Crippen MR) is 101 cm³/mol. The molecule has 1 heterocycles. The molecule has 1 atom stereocenters. The molecule has 3 rings (SSSR count). The highest BCUT2D eigenvalue weighted by Crippen LogP contribution is 2.36. The minimum absolute atomic E-state index is 0.0119. The van der Waals surface area contributed by atoms with Crippen molar-refractivity contribution < 1.29 is 27.5 Å². The van der Waals surface area contributed by atoms with Crippen molar-refractivity contribution in [1.29, 1.82) is 0 Å². The van der Waals surface area contributed by atoms with E-state index in [0.29, 0.717) is 19.4 Å². The second-order valence-electron chi connectivity index (χ2n) is 7.26. The third-order valence-electron chi connectivity index (χ3n) is 5.19. The van der Waals surface area contributed by atoms with Crippen LogP contribution in [-0.2, 0) is 16.0 Å². The van der Waals surface area contributed by atoms with Gasteiger partial charge in [0, 0.05) is 13.1 Å². The van der Waals surface area contributed by atoms with Crippen LogP contribution in [0, 0.1) is 22.9 Å². The lowest BCUT2D eigenvalue weighted by Gasteiger charge is -2.41. The first kappa shape index (κ1) is 20.9. The Kier molecular flexibility index (Phi) is 6.25. The largest absolute Gasteiger partial charge is 0.466 e. The van der Waals surface area contributed by atoms with Gasteiger partial charge in [-0.05, 0) is 62.1 Å². The van der Waals surface area contributed by atoms with E-state index in [9.17, 15) is 22.8 Å². The number of esters is 1. The van der Waals surface area contributed by atoms with E-state index in [4.69, 9.17) is 4.74 Å². The lowest BCUT2D eigenvalue weighted by Crippen LogP contribution is -2.51. The summed E-state index contributed by atoms with van der Waals surface area (Å²) in [5.41, 5.74) is -0.678. The quantitative estimate of drug-likeness (QED) is 0.703. The number of likely N-dealkylation sites (tertiary alicyclic amines) is 1. The van der Waals surface area contributed by atoms with Gasteiger partial charge in [-0.15, -0.1) is 0 Å². The number of halogens is 3. The summed E-state index contributed by atoms with van der Waals surface area (Å²) in [6, 6.07) is 8.50. The van der Waals surface area contributed by atoms with Gasteiger partial charge >= 0.3 is 5.97 Å². The molecule has 0 spiro atoms. The minimum atomic E-state index is -1.04. The second kappa shape index (κ2) is 8.68. The van der Waals surface area contributed by atoms with Crippen molar-refractivity contribution in [3.05, 3.63) is 71.0 Å². The van der Waals surface area contributed by atoms with Crippen molar-refractivity contribution in [3.63, 3.8) is 0 Å². The summed E-state index contributed by atoms with van der Waals surface area (Å²) in [5.74, 6) is -3.05. The number of benzene rings is 2. The summed E-state index contributed by atoms with van der Waals surface area (Å²) in [5, 5.41) is 0. The average Bonchev–Trinajstić information content (AvgIpc) is 2.71. The minimum Gasteiger partial charge on any atom is -0.466 e. The maximum atomic E-state index is 14.1. The molecular weight excluding hydrogens is 383 g/mol. The Hall–Kier alpha value is -2.83. The first-order chi connectivity index (χ1) is 13.8. The number of hydrogen-bond donors (Lipinski definition) is 0. The van der Waals surface area contributed by atoms with Crippen LogP contribution in [0.2, 0.25) is 0 Å². The van der Waals surface area contributed by atoms with Crippen LogP contribution in [0.25, 0.3) is 0 Å². The van der Waals surface area contributed by atoms with Crippen molar-refractivity contribution in [2.75, 3.05) is 19.7 Å². The van der Waals surface area contributed by atoms with Crippen molar-refractivity contribution in [2.45, 2.75) is 26.2 Å². The molecule has 0 aromatic heterocycles. The summed E-state index contributed by atoms with van der Waals surface area (Å²) in [6.45, 7) is 2.20. The normalized spacial score (nSPS) is 19.1. The Balaban J connectivity index is 1.90. The molecule has 0 radical (unpaired) electrons. The molecule has 4 nitrogen and oxygen atoms in total. The zero-order valence-electron chi connectivity index (χ0n) is 16.1. The van der Waals surface area contributed by atoms with Crippen LogP contribution in [0.5, 0.6) is 0 Å². The van der Waals surface area contributed by atoms with Crippen molar-refractivity contribution in [3.8, 4) is 0 Å². The fourth-order valence-corrected chi connectivity index (χ4v) is 3.80. The SMILES string of the molecule is CCOC(=O)C1(Cc2ccc(F)cc2)CCCN(C(=O)c2cc(F)ccc2F)C1. The third kappa shape index (κ3) is 4.60. The van der Waals surface area contributed by atoms with E-state index in [1.807, 2.05) is 0 Å². The van der Waals surface area contributed by atoms with Gasteiger partial charge in [-0.2, -0.15) is 0 Å². The highest BCUT2D eigenvalue weighted by molar-refractivity contribution is 5.95. The zero-order valence-corrected chi connectivity index (χ0v) is 16.1. The second-order valence-corrected chi connectivity index (χ2v) is 7.26. The van der Waals surface area contributed by atoms with Crippen LogP contribution in [0.3, 0.4) is 0 Å². The Morgan fingerprint density at radius 1 is 1.07 bits per heavy atom. The molecule has 0 aliphatic carbocycles. The van der Waals surface area contributed by atoms with Crippen LogP contribution >= 0.6 is 0 Å². The standard InChI is InChI=1S/C22H22F3NO3/c1-2-29-21(28)22(13-15-4-6-16(23)7-5-15)10-3-11-26(14-22)20(27)18-12-17(24)8-9-19(18)25/h4-9,12H,2-3,10-11,13-14H2,1H3. The van der Waals surface area contributed by atoms with Crippen LogP contribution in [0.15, 0.2) is 42.5 Å². The molecule has 0 N–H and O–H groups in total. The van der Waals surface area contributed by atoms with E-state index >= 15 is 0 Å². The number of nitrogens with zero attached hydrogens (tertiary/aromatic N) is 1. The number of ether oxygens (including phenoxy) is 1. The molecule has 154 valence electrons. The van der Waals surface area contributed by atoms with Gasteiger partial charge in [0.05, 0.1) is 17.6 Å². The van der Waals surface area contributed by atoms with Gasteiger partial charge in [0.15, 0.2) is 0 Å². The molecular formula is C22H22F3NO3. The number of rotatable bonds is 5. The van der Waals surface area contributed by atoms with Gasteiger partial charge in [0.2, 0.25) is 0 Å². The van der Waals surface area contributed by atoms with Gasteiger partial charge in [0.25, 0.3) is 5.91 Å². The zero-order chi connectivity index (χ0) is 21.0. The summed E-state index contributed by atoms with van der Waals surface area (Å²) >= 11 is 0. The molecule has 1 aliphatic heterocycles. The van der Waals surface area contributed by atoms with E-state index in [1.54, 1.807) is 19.1 Å². The van der Waals surface area contributed by atoms with Crippen molar-refractivity contribution in [2.24, 2.45) is 5.41 Å². The molecule has 0 saturated carbocycles. The Labute approximate surface area is 167 Å². The highest BCUT2D eigenvalue weighted by atomic mass is 19.1. The van der Waals surface area contributed by atoms with E-state index < -0.39 is 28.9 Å². The van der Waals surface area contributed by atoms with E-state index in [2.05, 4.69) is 0 Å². The number of carbonyl (C=O) groups is 2. The molecule has 2 aromatic carbocycles. The molecule has 1 fully saturated rings. The average molecular weight is 405 g/mol. The topological polar surface area (TPSA) is 46.6 Å². The number of carbonyl (C=O) groups excluding carboxylic acids is 2. The van der Waals surface area contributed by atoms with Crippen molar-refractivity contribution >= 4 is 11.9 Å². The van der Waals surface area contributed by atoms with Gasteiger partial charge < -0.3 is 9.64 Å². The van der Waals surface area contributed by atoms with Gasteiger partial charge in [-0.3, -0.25) is 9.59 Å². The maximum absolute atomic E-state index is 14.1. The van der Waals surface area contributed by atoms with E-state index in [-0.39, 0.29) is 31.0 Å². The van der Waals surface area contributed by atoms with Crippen LogP contribution in [-0.4, -0.2) is 36.5 Å². The molecule has 0 bridgehead atoms. The Morgan fingerprint density at radius 3 is 2.45 bits per heavy atom. The summed E-state index contributed by atoms with van der Waals surface area (Å²) in [4.78, 5) is 27.1.